The van der Waals surface area contributed by atoms with E-state index < -0.39 is 36.0 Å². The Morgan fingerprint density at radius 3 is 2.68 bits per heavy atom. The number of carbonyl (C=O) groups is 1. The number of fused-ring (bicyclic) bond motifs is 2. The second-order valence-electron chi connectivity index (χ2n) is 10.3. The SMILES string of the molecule is C[C@@]1(c2ccc(Cl)c(O)c2)C(=O)Nc2nc(-c3cn4ccnc4c(Cc4cccc(F)c4)n3)nc(NC[C@H](O)C(F)(F)F)c21. The van der Waals surface area contributed by atoms with Gasteiger partial charge in [-0.1, -0.05) is 29.8 Å². The highest BCUT2D eigenvalue weighted by Gasteiger charge is 2.48. The second-order valence-corrected chi connectivity index (χ2v) is 10.7. The van der Waals surface area contributed by atoms with Crippen molar-refractivity contribution in [3.8, 4) is 17.3 Å². The van der Waals surface area contributed by atoms with Gasteiger partial charge in [-0.05, 0) is 42.3 Å². The number of aliphatic hydroxyl groups is 1. The van der Waals surface area contributed by atoms with Crippen LogP contribution in [0, 0.1) is 5.82 Å². The number of hydrogen-bond acceptors (Lipinski definition) is 8. The quantitative estimate of drug-likeness (QED) is 0.188. The molecule has 0 saturated heterocycles. The molecule has 10 nitrogen and oxygen atoms in total. The fourth-order valence-corrected chi connectivity index (χ4v) is 5.20. The number of amides is 1. The number of alkyl halides is 3. The van der Waals surface area contributed by atoms with E-state index in [2.05, 4.69) is 30.6 Å². The predicted molar refractivity (Wildman–Crippen MR) is 152 cm³/mol. The minimum atomic E-state index is -4.93. The van der Waals surface area contributed by atoms with Crippen LogP contribution in [-0.2, 0) is 16.6 Å². The van der Waals surface area contributed by atoms with Crippen molar-refractivity contribution < 1.29 is 32.6 Å². The van der Waals surface area contributed by atoms with Gasteiger partial charge in [-0.15, -0.1) is 0 Å². The summed E-state index contributed by atoms with van der Waals surface area (Å²) in [5.74, 6) is -1.58. The summed E-state index contributed by atoms with van der Waals surface area (Å²) < 4.78 is 55.2. The Balaban J connectivity index is 1.50. The molecule has 1 aliphatic rings. The lowest BCUT2D eigenvalue weighted by Gasteiger charge is -2.25. The van der Waals surface area contributed by atoms with Crippen LogP contribution in [0.4, 0.5) is 29.2 Å². The lowest BCUT2D eigenvalue weighted by atomic mass is 9.77. The summed E-state index contributed by atoms with van der Waals surface area (Å²) in [5.41, 5.74) is 0.492. The van der Waals surface area contributed by atoms with Crippen LogP contribution < -0.4 is 10.6 Å². The van der Waals surface area contributed by atoms with E-state index in [1.165, 1.54) is 43.5 Å². The van der Waals surface area contributed by atoms with Crippen molar-refractivity contribution in [2.75, 3.05) is 17.2 Å². The predicted octanol–water partition coefficient (Wildman–Crippen LogP) is 4.87. The summed E-state index contributed by atoms with van der Waals surface area (Å²) >= 11 is 5.97. The monoisotopic (exact) mass is 627 g/mol. The molecule has 226 valence electrons. The van der Waals surface area contributed by atoms with Crippen LogP contribution in [0.2, 0.25) is 5.02 Å². The van der Waals surface area contributed by atoms with E-state index in [9.17, 15) is 32.6 Å². The van der Waals surface area contributed by atoms with Gasteiger partial charge >= 0.3 is 6.18 Å². The molecule has 15 heteroatoms. The number of anilines is 2. The summed E-state index contributed by atoms with van der Waals surface area (Å²) in [6, 6.07) is 10.1. The highest BCUT2D eigenvalue weighted by atomic mass is 35.5. The number of aromatic nitrogens is 5. The van der Waals surface area contributed by atoms with Gasteiger partial charge < -0.3 is 25.2 Å². The molecule has 0 fully saturated rings. The number of halogens is 5. The fraction of sp³-hybridized carbons (Fsp3) is 0.207. The first-order valence-corrected chi connectivity index (χ1v) is 13.5. The number of rotatable bonds is 7. The van der Waals surface area contributed by atoms with E-state index in [4.69, 9.17) is 11.6 Å². The van der Waals surface area contributed by atoms with Gasteiger partial charge in [-0.25, -0.2) is 24.3 Å². The third-order valence-electron chi connectivity index (χ3n) is 7.39. The van der Waals surface area contributed by atoms with E-state index >= 15 is 0 Å². The zero-order valence-corrected chi connectivity index (χ0v) is 23.4. The minimum Gasteiger partial charge on any atom is -0.506 e. The third kappa shape index (κ3) is 5.15. The van der Waals surface area contributed by atoms with Crippen LogP contribution in [0.25, 0.3) is 17.2 Å². The molecule has 2 atom stereocenters. The van der Waals surface area contributed by atoms with Crippen LogP contribution in [0.1, 0.15) is 29.3 Å². The van der Waals surface area contributed by atoms with Crippen molar-refractivity contribution in [3.05, 3.63) is 94.3 Å². The molecule has 6 rings (SSSR count). The van der Waals surface area contributed by atoms with Crippen LogP contribution in [0.5, 0.6) is 5.75 Å². The van der Waals surface area contributed by atoms with Gasteiger partial charge in [0.05, 0.1) is 22.8 Å². The van der Waals surface area contributed by atoms with Crippen LogP contribution in [-0.4, -0.2) is 59.3 Å². The summed E-state index contributed by atoms with van der Waals surface area (Å²) in [7, 11) is 0. The van der Waals surface area contributed by atoms with Gasteiger partial charge in [0.2, 0.25) is 5.91 Å². The molecular formula is C29H22ClF4N7O3. The molecule has 4 N–H and O–H groups in total. The van der Waals surface area contributed by atoms with Crippen molar-refractivity contribution >= 4 is 34.8 Å². The number of phenols is 1. The summed E-state index contributed by atoms with van der Waals surface area (Å²) in [6.07, 6.45) is -2.74. The Labute approximate surface area is 251 Å². The Morgan fingerprint density at radius 2 is 1.95 bits per heavy atom. The standard InChI is InChI=1S/C29H22ClF4N7O3/c1-28(15-5-6-17(30)20(42)11-15)22-24(36-12-21(43)29(32,33)34)38-23(39-25(22)40-27(28)44)19-13-41-8-7-35-26(41)18(37-19)10-14-3-2-4-16(31)9-14/h2-9,11,13,21,42-43H,10,12H2,1H3,(H2,36,38,39,40,44)/t21-,28-/m0/s1. The molecule has 2 aromatic carbocycles. The highest BCUT2D eigenvalue weighted by molar-refractivity contribution is 6.32. The van der Waals surface area contributed by atoms with Gasteiger partial charge in [-0.3, -0.25) is 4.79 Å². The normalized spacial score (nSPS) is 17.0. The zero-order chi connectivity index (χ0) is 31.4. The Kier molecular flexibility index (Phi) is 7.13. The Bertz CT molecular complexity index is 1930. The van der Waals surface area contributed by atoms with Gasteiger partial charge in [0.25, 0.3) is 0 Å². The smallest absolute Gasteiger partial charge is 0.416 e. The van der Waals surface area contributed by atoms with Crippen LogP contribution in [0.3, 0.4) is 0 Å². The van der Waals surface area contributed by atoms with Gasteiger partial charge in [0.15, 0.2) is 17.6 Å². The molecule has 0 radical (unpaired) electrons. The maximum Gasteiger partial charge on any atom is 0.416 e. The fourth-order valence-electron chi connectivity index (χ4n) is 5.08. The van der Waals surface area contributed by atoms with E-state index in [1.807, 2.05) is 0 Å². The molecule has 0 bridgehead atoms. The third-order valence-corrected chi connectivity index (χ3v) is 7.71. The number of imidazole rings is 1. The summed E-state index contributed by atoms with van der Waals surface area (Å²) in [5, 5.41) is 25.2. The van der Waals surface area contributed by atoms with Crippen molar-refractivity contribution in [2.24, 2.45) is 0 Å². The summed E-state index contributed by atoms with van der Waals surface area (Å²) in [6.45, 7) is 0.513. The van der Waals surface area contributed by atoms with E-state index in [0.717, 1.165) is 0 Å². The molecule has 0 aliphatic carbocycles. The number of nitrogens with zero attached hydrogens (tertiary/aromatic N) is 5. The molecule has 0 spiro atoms. The first-order valence-electron chi connectivity index (χ1n) is 13.1. The first-order chi connectivity index (χ1) is 20.8. The molecule has 5 aromatic rings. The number of phenolic OH excluding ortho intramolecular Hbond substituents is 1. The number of benzene rings is 2. The largest absolute Gasteiger partial charge is 0.506 e. The molecule has 0 saturated carbocycles. The summed E-state index contributed by atoms with van der Waals surface area (Å²) in [4.78, 5) is 31.4. The van der Waals surface area contributed by atoms with E-state index in [-0.39, 0.29) is 51.5 Å². The van der Waals surface area contributed by atoms with Crippen molar-refractivity contribution in [1.29, 1.82) is 0 Å². The molecule has 4 heterocycles. The first kappa shape index (κ1) is 29.3. The average Bonchev–Trinajstić information content (AvgIpc) is 3.55. The van der Waals surface area contributed by atoms with Crippen molar-refractivity contribution in [1.82, 2.24) is 24.3 Å². The van der Waals surface area contributed by atoms with E-state index in [0.29, 0.717) is 16.9 Å². The zero-order valence-electron chi connectivity index (χ0n) is 22.7. The van der Waals surface area contributed by atoms with E-state index in [1.54, 1.807) is 28.9 Å². The molecule has 3 aromatic heterocycles. The van der Waals surface area contributed by atoms with Crippen molar-refractivity contribution in [3.63, 3.8) is 0 Å². The van der Waals surface area contributed by atoms with Gasteiger partial charge in [0.1, 0.15) is 34.3 Å². The topological polar surface area (TPSA) is 138 Å². The minimum absolute atomic E-state index is 0.0138. The van der Waals surface area contributed by atoms with Crippen molar-refractivity contribution in [2.45, 2.75) is 31.0 Å². The Hall–Kier alpha value is -4.82. The molecule has 0 unspecified atom stereocenters. The molecule has 1 aliphatic heterocycles. The number of aromatic hydroxyl groups is 1. The maximum atomic E-state index is 13.9. The van der Waals surface area contributed by atoms with Gasteiger partial charge in [-0.2, -0.15) is 13.2 Å². The molecular weight excluding hydrogens is 606 g/mol. The number of nitrogens with one attached hydrogen (secondary N) is 2. The Morgan fingerprint density at radius 1 is 1.16 bits per heavy atom. The lowest BCUT2D eigenvalue weighted by Crippen LogP contribution is -2.36. The lowest BCUT2D eigenvalue weighted by molar-refractivity contribution is -0.198. The maximum absolute atomic E-state index is 13.9. The number of carbonyl (C=O) groups excluding carboxylic acids is 1. The second kappa shape index (κ2) is 10.7. The average molecular weight is 628 g/mol. The molecule has 1 amide bonds. The highest BCUT2D eigenvalue weighted by Crippen LogP contribution is 2.47. The number of hydrogen-bond donors (Lipinski definition) is 4. The van der Waals surface area contributed by atoms with Gasteiger partial charge in [0, 0.05) is 25.0 Å². The van der Waals surface area contributed by atoms with Crippen LogP contribution in [0.15, 0.2) is 61.1 Å². The molecule has 44 heavy (non-hydrogen) atoms. The van der Waals surface area contributed by atoms with Crippen LogP contribution >= 0.6 is 11.6 Å². The number of aliphatic hydroxyl groups excluding tert-OH is 1.